The van der Waals surface area contributed by atoms with Crippen LogP contribution in [0.2, 0.25) is 0 Å². The third-order valence-corrected chi connectivity index (χ3v) is 5.74. The van der Waals surface area contributed by atoms with Gasteiger partial charge in [0.15, 0.2) is 21.5 Å². The Hall–Kier alpha value is -2.89. The zero-order chi connectivity index (χ0) is 20.0. The van der Waals surface area contributed by atoms with E-state index >= 15 is 0 Å². The Morgan fingerprint density at radius 3 is 2.56 bits per heavy atom. The van der Waals surface area contributed by atoms with E-state index in [9.17, 15) is 21.6 Å². The van der Waals surface area contributed by atoms with Crippen molar-refractivity contribution in [3.05, 3.63) is 29.2 Å². The van der Waals surface area contributed by atoms with Gasteiger partial charge in [0, 0.05) is 13.3 Å². The van der Waals surface area contributed by atoms with Crippen molar-refractivity contribution in [2.45, 2.75) is 18.0 Å². The molecule has 3 heterocycles. The Labute approximate surface area is 152 Å². The minimum atomic E-state index is -4.60. The van der Waals surface area contributed by atoms with Gasteiger partial charge in [0.1, 0.15) is 17.1 Å². The topological polar surface area (TPSA) is 113 Å². The quantitative estimate of drug-likeness (QED) is 0.678. The highest BCUT2D eigenvalue weighted by atomic mass is 32.2. The summed E-state index contributed by atoms with van der Waals surface area (Å²) in [6, 6.07) is 2.70. The minimum absolute atomic E-state index is 0.0134. The van der Waals surface area contributed by atoms with Crippen LogP contribution in [0.25, 0.3) is 17.6 Å². The van der Waals surface area contributed by atoms with E-state index in [1.54, 1.807) is 0 Å². The van der Waals surface area contributed by atoms with Crippen molar-refractivity contribution in [2.24, 2.45) is 7.05 Å². The molecule has 0 saturated carbocycles. The Balaban J connectivity index is 2.24. The van der Waals surface area contributed by atoms with E-state index in [0.717, 1.165) is 12.3 Å². The number of sulfone groups is 1. The lowest BCUT2D eigenvalue weighted by atomic mass is 10.3. The number of rotatable bonds is 4. The molecule has 8 nitrogen and oxygen atoms in total. The second kappa shape index (κ2) is 6.37. The maximum atomic E-state index is 12.9. The van der Waals surface area contributed by atoms with Gasteiger partial charge in [-0.3, -0.25) is 10.9 Å². The van der Waals surface area contributed by atoms with Crippen molar-refractivity contribution in [2.75, 3.05) is 11.2 Å². The first kappa shape index (κ1) is 18.9. The number of alkyl halides is 3. The normalized spacial score (nSPS) is 14.0. The summed E-state index contributed by atoms with van der Waals surface area (Å²) in [5.74, 6) is 0.0952. The van der Waals surface area contributed by atoms with Crippen molar-refractivity contribution in [3.8, 4) is 11.5 Å². The summed E-state index contributed by atoms with van der Waals surface area (Å²) in [5, 5.41) is 7.33. The van der Waals surface area contributed by atoms with Gasteiger partial charge in [-0.05, 0) is 18.2 Å². The Bertz CT molecular complexity index is 1060. The molecule has 2 aromatic rings. The van der Waals surface area contributed by atoms with Crippen molar-refractivity contribution in [3.63, 3.8) is 0 Å². The maximum absolute atomic E-state index is 12.9. The van der Waals surface area contributed by atoms with Crippen LogP contribution in [0.15, 0.2) is 22.7 Å². The molecule has 0 bridgehead atoms. The predicted octanol–water partition coefficient (Wildman–Crippen LogP) is 2.11. The highest BCUT2D eigenvalue weighted by Gasteiger charge is 2.37. The molecule has 0 aliphatic carbocycles. The van der Waals surface area contributed by atoms with Crippen molar-refractivity contribution >= 4 is 27.9 Å². The number of hydrogen-bond donors (Lipinski definition) is 3. The number of hydrazine groups is 1. The number of aromatic nitrogens is 3. The SMILES string of the molecule is CCS(=O)(=O)c1ccc(C=N)nc1-c1nc2c(n1C)NNC(C(F)(F)F)=C2. The summed E-state index contributed by atoms with van der Waals surface area (Å²) >= 11 is 0. The molecule has 3 rings (SSSR count). The lowest BCUT2D eigenvalue weighted by molar-refractivity contribution is -0.0951. The first-order valence-corrected chi connectivity index (χ1v) is 9.36. The van der Waals surface area contributed by atoms with E-state index in [0.29, 0.717) is 0 Å². The van der Waals surface area contributed by atoms with Crippen molar-refractivity contribution in [1.82, 2.24) is 20.0 Å². The standard InChI is InChI=1S/C15H15F3N6O2S/c1-3-27(25,26)10-5-4-8(7-19)20-12(10)14-21-9-6-11(15(16,17)18)22-23-13(9)24(14)2/h4-7,19,22-23H,3H2,1-2H3. The number of hydrogen-bond acceptors (Lipinski definition) is 7. The smallest absolute Gasteiger partial charge is 0.311 e. The molecule has 0 radical (unpaired) electrons. The fourth-order valence-electron chi connectivity index (χ4n) is 2.54. The van der Waals surface area contributed by atoms with Crippen LogP contribution in [0.3, 0.4) is 0 Å². The molecular formula is C15H15F3N6O2S. The molecule has 1 aliphatic heterocycles. The average Bonchev–Trinajstić information content (AvgIpc) is 2.96. The van der Waals surface area contributed by atoms with Gasteiger partial charge in [-0.15, -0.1) is 0 Å². The van der Waals surface area contributed by atoms with Gasteiger partial charge >= 0.3 is 6.18 Å². The van der Waals surface area contributed by atoms with E-state index in [2.05, 4.69) is 15.4 Å². The number of pyridine rings is 1. The first-order chi connectivity index (χ1) is 12.6. The van der Waals surface area contributed by atoms with E-state index in [-0.39, 0.29) is 39.4 Å². The van der Waals surface area contributed by atoms with Crippen LogP contribution in [-0.2, 0) is 16.9 Å². The monoisotopic (exact) mass is 400 g/mol. The van der Waals surface area contributed by atoms with Crippen LogP contribution < -0.4 is 10.9 Å². The summed E-state index contributed by atoms with van der Waals surface area (Å²) in [6.45, 7) is 1.47. The lowest BCUT2D eigenvalue weighted by Crippen LogP contribution is -2.33. The largest absolute Gasteiger partial charge is 0.432 e. The molecule has 0 atom stereocenters. The summed E-state index contributed by atoms with van der Waals surface area (Å²) in [4.78, 5) is 8.20. The molecule has 3 N–H and O–H groups in total. The Morgan fingerprint density at radius 2 is 1.96 bits per heavy atom. The van der Waals surface area contributed by atoms with Crippen molar-refractivity contribution in [1.29, 1.82) is 5.41 Å². The number of imidazole rings is 1. The molecule has 0 amide bonds. The number of halogens is 3. The van der Waals surface area contributed by atoms with Gasteiger partial charge in [0.2, 0.25) is 0 Å². The number of fused-ring (bicyclic) bond motifs is 1. The fourth-order valence-corrected chi connectivity index (χ4v) is 3.56. The van der Waals surface area contributed by atoms with Crippen LogP contribution in [0.1, 0.15) is 18.3 Å². The fraction of sp³-hybridized carbons (Fsp3) is 0.267. The van der Waals surface area contributed by atoms with E-state index in [1.807, 2.05) is 5.43 Å². The van der Waals surface area contributed by atoms with Crippen LogP contribution in [0.5, 0.6) is 0 Å². The molecular weight excluding hydrogens is 385 g/mol. The third kappa shape index (κ3) is 3.27. The highest BCUT2D eigenvalue weighted by Crippen LogP contribution is 2.34. The average molecular weight is 400 g/mol. The number of nitrogens with zero attached hydrogens (tertiary/aromatic N) is 3. The molecule has 0 saturated heterocycles. The van der Waals surface area contributed by atoms with Gasteiger partial charge in [0.25, 0.3) is 0 Å². The second-order valence-corrected chi connectivity index (χ2v) is 7.91. The molecule has 0 spiro atoms. The molecule has 0 fully saturated rings. The molecule has 144 valence electrons. The van der Waals surface area contributed by atoms with Gasteiger partial charge in [-0.2, -0.15) is 13.2 Å². The number of allylic oxidation sites excluding steroid dienone is 1. The van der Waals surface area contributed by atoms with Gasteiger partial charge < -0.3 is 9.98 Å². The predicted molar refractivity (Wildman–Crippen MR) is 92.8 cm³/mol. The number of anilines is 1. The number of nitrogens with one attached hydrogen (secondary N) is 3. The molecule has 12 heteroatoms. The highest BCUT2D eigenvalue weighted by molar-refractivity contribution is 7.91. The zero-order valence-electron chi connectivity index (χ0n) is 14.2. The van der Waals surface area contributed by atoms with Crippen LogP contribution in [-0.4, -0.2) is 41.1 Å². The van der Waals surface area contributed by atoms with Gasteiger partial charge in [-0.25, -0.2) is 18.4 Å². The van der Waals surface area contributed by atoms with Gasteiger partial charge in [-0.1, -0.05) is 6.92 Å². The van der Waals surface area contributed by atoms with Crippen molar-refractivity contribution < 1.29 is 21.6 Å². The summed E-state index contributed by atoms with van der Waals surface area (Å²) in [7, 11) is -2.16. The Morgan fingerprint density at radius 1 is 1.26 bits per heavy atom. The molecule has 0 unspecified atom stereocenters. The van der Waals surface area contributed by atoms with E-state index in [1.165, 1.54) is 30.7 Å². The first-order valence-electron chi connectivity index (χ1n) is 7.70. The minimum Gasteiger partial charge on any atom is -0.311 e. The van der Waals surface area contributed by atoms with E-state index < -0.39 is 21.7 Å². The summed E-state index contributed by atoms with van der Waals surface area (Å²) < 4.78 is 64.9. The summed E-state index contributed by atoms with van der Waals surface area (Å²) in [6.07, 6.45) is -2.84. The second-order valence-electron chi connectivity index (χ2n) is 5.66. The molecule has 0 aromatic carbocycles. The molecule has 2 aromatic heterocycles. The van der Waals surface area contributed by atoms with Crippen LogP contribution >= 0.6 is 0 Å². The molecule has 1 aliphatic rings. The van der Waals surface area contributed by atoms with Gasteiger partial charge in [0.05, 0.1) is 16.3 Å². The van der Waals surface area contributed by atoms with Crippen LogP contribution in [0, 0.1) is 5.41 Å². The summed E-state index contributed by atoms with van der Waals surface area (Å²) in [5.41, 5.74) is 3.59. The lowest BCUT2D eigenvalue weighted by Gasteiger charge is -2.20. The zero-order valence-corrected chi connectivity index (χ0v) is 15.0. The maximum Gasteiger partial charge on any atom is 0.432 e. The van der Waals surface area contributed by atoms with Crippen LogP contribution in [0.4, 0.5) is 19.0 Å². The van der Waals surface area contributed by atoms with E-state index in [4.69, 9.17) is 5.41 Å². The molecule has 27 heavy (non-hydrogen) atoms. The Kier molecular flexibility index (Phi) is 4.46. The third-order valence-electron chi connectivity index (χ3n) is 3.98.